The third kappa shape index (κ3) is 4.23. The van der Waals surface area contributed by atoms with Crippen LogP contribution in [0, 0.1) is 0 Å². The highest BCUT2D eigenvalue weighted by Crippen LogP contribution is 2.07. The molecule has 0 radical (unpaired) electrons. The van der Waals surface area contributed by atoms with E-state index in [4.69, 9.17) is 14.9 Å². The molecule has 0 aliphatic carbocycles. The van der Waals surface area contributed by atoms with Crippen LogP contribution in [0.3, 0.4) is 0 Å². The largest absolute Gasteiger partial charge is 0.465 e. The van der Waals surface area contributed by atoms with Gasteiger partial charge in [0, 0.05) is 0 Å². The molecule has 7 nitrogen and oxygen atoms in total. The predicted molar refractivity (Wildman–Crippen MR) is 50.9 cm³/mol. The van der Waals surface area contributed by atoms with Gasteiger partial charge < -0.3 is 14.9 Å². The second kappa shape index (κ2) is 5.11. The predicted octanol–water partition coefficient (Wildman–Crippen LogP) is 0.326. The Morgan fingerprint density at radius 1 is 1.60 bits per heavy atom. The summed E-state index contributed by atoms with van der Waals surface area (Å²) in [6, 6.07) is 0.0897. The minimum Gasteiger partial charge on any atom is -0.465 e. The maximum atomic E-state index is 10.2. The molecule has 0 aromatic carbocycles. The van der Waals surface area contributed by atoms with E-state index in [9.17, 15) is 4.79 Å². The lowest BCUT2D eigenvalue weighted by Crippen LogP contribution is -2.14. The number of nitrogens with zero attached hydrogens (tertiary/aromatic N) is 2. The molecule has 0 aliphatic heterocycles. The summed E-state index contributed by atoms with van der Waals surface area (Å²) in [4.78, 5) is 17.7. The van der Waals surface area contributed by atoms with Crippen LogP contribution in [-0.4, -0.2) is 39.0 Å². The molecule has 3 N–H and O–H groups in total. The number of aromatic nitrogens is 2. The molecule has 1 amide bonds. The van der Waals surface area contributed by atoms with E-state index in [0.29, 0.717) is 0 Å². The van der Waals surface area contributed by atoms with E-state index in [-0.39, 0.29) is 18.3 Å². The summed E-state index contributed by atoms with van der Waals surface area (Å²) < 4.78 is 4.98. The number of ether oxygens (including phenoxy) is 1. The topological polar surface area (TPSA) is 105 Å². The highest BCUT2D eigenvalue weighted by molar-refractivity contribution is 5.82. The monoisotopic (exact) mass is 213 g/mol. The van der Waals surface area contributed by atoms with Crippen molar-refractivity contribution in [3.8, 4) is 6.01 Å². The van der Waals surface area contributed by atoms with Gasteiger partial charge >= 0.3 is 12.1 Å². The number of anilines is 1. The van der Waals surface area contributed by atoms with Gasteiger partial charge in [0.1, 0.15) is 6.61 Å². The molecule has 0 fully saturated rings. The number of aliphatic hydroxyl groups excluding tert-OH is 1. The van der Waals surface area contributed by atoms with Crippen molar-refractivity contribution in [2.75, 3.05) is 11.9 Å². The number of amides is 1. The molecule has 0 saturated heterocycles. The Kier molecular flexibility index (Phi) is 3.81. The summed E-state index contributed by atoms with van der Waals surface area (Å²) in [6.45, 7) is 1.66. The first kappa shape index (κ1) is 11.2. The van der Waals surface area contributed by atoms with E-state index in [0.717, 1.165) is 0 Å². The van der Waals surface area contributed by atoms with Crippen LogP contribution in [0.2, 0.25) is 0 Å². The Labute approximate surface area is 85.7 Å². The van der Waals surface area contributed by atoms with E-state index >= 15 is 0 Å². The zero-order chi connectivity index (χ0) is 11.3. The second-order valence-electron chi connectivity index (χ2n) is 2.84. The summed E-state index contributed by atoms with van der Waals surface area (Å²) >= 11 is 0. The van der Waals surface area contributed by atoms with Crippen molar-refractivity contribution in [2.24, 2.45) is 0 Å². The minimum absolute atomic E-state index is 0.0890. The van der Waals surface area contributed by atoms with Gasteiger partial charge in [-0.3, -0.25) is 5.32 Å². The Balaban J connectivity index is 2.52. The van der Waals surface area contributed by atoms with Crippen LogP contribution in [0.25, 0.3) is 0 Å². The molecule has 0 aliphatic rings. The van der Waals surface area contributed by atoms with Gasteiger partial charge in [0.15, 0.2) is 0 Å². The highest BCUT2D eigenvalue weighted by Gasteiger charge is 2.02. The van der Waals surface area contributed by atoms with Gasteiger partial charge in [0.05, 0.1) is 24.2 Å². The van der Waals surface area contributed by atoms with Gasteiger partial charge in [-0.15, -0.1) is 0 Å². The van der Waals surface area contributed by atoms with Gasteiger partial charge in [0.2, 0.25) is 0 Å². The first-order chi connectivity index (χ1) is 7.08. The Morgan fingerprint density at radius 2 is 2.20 bits per heavy atom. The van der Waals surface area contributed by atoms with E-state index < -0.39 is 12.2 Å². The molecular weight excluding hydrogens is 202 g/mol. The SMILES string of the molecule is C[C@H](O)COc1ncc(NC(=O)O)cn1. The number of aliphatic hydroxyl groups is 1. The average Bonchev–Trinajstić information content (AvgIpc) is 2.16. The summed E-state index contributed by atoms with van der Waals surface area (Å²) in [5, 5.41) is 19.4. The van der Waals surface area contributed by atoms with E-state index in [2.05, 4.69) is 15.3 Å². The van der Waals surface area contributed by atoms with E-state index in [1.807, 2.05) is 0 Å². The summed E-state index contributed by atoms with van der Waals surface area (Å²) in [5.41, 5.74) is 0.256. The Bertz CT molecular complexity index is 325. The fraction of sp³-hybridized carbons (Fsp3) is 0.375. The molecule has 1 aromatic heterocycles. The molecule has 1 rings (SSSR count). The van der Waals surface area contributed by atoms with Crippen molar-refractivity contribution in [3.63, 3.8) is 0 Å². The van der Waals surface area contributed by atoms with Gasteiger partial charge in [-0.2, -0.15) is 0 Å². The van der Waals surface area contributed by atoms with E-state index in [1.54, 1.807) is 6.92 Å². The number of nitrogens with one attached hydrogen (secondary N) is 1. The minimum atomic E-state index is -1.18. The third-order valence-electron chi connectivity index (χ3n) is 1.33. The van der Waals surface area contributed by atoms with Crippen LogP contribution in [0.5, 0.6) is 6.01 Å². The van der Waals surface area contributed by atoms with Gasteiger partial charge in [-0.05, 0) is 6.92 Å². The molecule has 0 spiro atoms. The van der Waals surface area contributed by atoms with Crippen molar-refractivity contribution < 1.29 is 19.7 Å². The number of hydrogen-bond acceptors (Lipinski definition) is 5. The maximum Gasteiger partial charge on any atom is 0.409 e. The van der Waals surface area contributed by atoms with Crippen LogP contribution >= 0.6 is 0 Å². The van der Waals surface area contributed by atoms with Gasteiger partial charge in [-0.1, -0.05) is 0 Å². The summed E-state index contributed by atoms with van der Waals surface area (Å²) in [6.07, 6.45) is 0.762. The lowest BCUT2D eigenvalue weighted by Gasteiger charge is -2.06. The first-order valence-corrected chi connectivity index (χ1v) is 4.21. The van der Waals surface area contributed by atoms with Crippen molar-refractivity contribution in [1.82, 2.24) is 9.97 Å². The smallest absolute Gasteiger partial charge is 0.409 e. The lowest BCUT2D eigenvalue weighted by molar-refractivity contribution is 0.117. The normalized spacial score (nSPS) is 11.9. The summed E-state index contributed by atoms with van der Waals surface area (Å²) in [7, 11) is 0. The zero-order valence-electron chi connectivity index (χ0n) is 8.04. The number of hydrogen-bond donors (Lipinski definition) is 3. The van der Waals surface area contributed by atoms with Gasteiger partial charge in [-0.25, -0.2) is 14.8 Å². The maximum absolute atomic E-state index is 10.2. The molecule has 82 valence electrons. The fourth-order valence-corrected chi connectivity index (χ4v) is 0.774. The number of carbonyl (C=O) groups is 1. The standard InChI is InChI=1S/C8H11N3O4/c1-5(12)4-15-7-9-2-6(3-10-7)11-8(13)14/h2-3,5,11-12H,4H2,1H3,(H,13,14)/t5-/m0/s1. The summed E-state index contributed by atoms with van der Waals surface area (Å²) in [5.74, 6) is 0. The van der Waals surface area contributed by atoms with Crippen LogP contribution in [0.1, 0.15) is 6.92 Å². The molecule has 1 heterocycles. The Hall–Kier alpha value is -1.89. The molecular formula is C8H11N3O4. The van der Waals surface area contributed by atoms with Crippen LogP contribution < -0.4 is 10.1 Å². The van der Waals surface area contributed by atoms with Gasteiger partial charge in [0.25, 0.3) is 0 Å². The fourth-order valence-electron chi connectivity index (χ4n) is 0.774. The zero-order valence-corrected chi connectivity index (χ0v) is 8.04. The van der Waals surface area contributed by atoms with Crippen molar-refractivity contribution in [3.05, 3.63) is 12.4 Å². The molecule has 0 unspecified atom stereocenters. The van der Waals surface area contributed by atoms with E-state index in [1.165, 1.54) is 12.4 Å². The number of carboxylic acid groups (broad SMARTS) is 1. The van der Waals surface area contributed by atoms with Crippen molar-refractivity contribution >= 4 is 11.8 Å². The third-order valence-corrected chi connectivity index (χ3v) is 1.33. The second-order valence-corrected chi connectivity index (χ2v) is 2.84. The highest BCUT2D eigenvalue weighted by atomic mass is 16.5. The average molecular weight is 213 g/mol. The van der Waals surface area contributed by atoms with Crippen LogP contribution in [-0.2, 0) is 0 Å². The Morgan fingerprint density at radius 3 is 2.67 bits per heavy atom. The van der Waals surface area contributed by atoms with Crippen LogP contribution in [0.15, 0.2) is 12.4 Å². The lowest BCUT2D eigenvalue weighted by atomic mass is 10.4. The molecule has 0 saturated carbocycles. The van der Waals surface area contributed by atoms with Crippen molar-refractivity contribution in [2.45, 2.75) is 13.0 Å². The first-order valence-electron chi connectivity index (χ1n) is 4.21. The van der Waals surface area contributed by atoms with Crippen LogP contribution in [0.4, 0.5) is 10.5 Å². The van der Waals surface area contributed by atoms with Crippen molar-refractivity contribution in [1.29, 1.82) is 0 Å². The molecule has 7 heteroatoms. The quantitative estimate of drug-likeness (QED) is 0.665. The molecule has 0 bridgehead atoms. The molecule has 1 aromatic rings. The number of rotatable bonds is 4. The molecule has 1 atom stereocenters. The molecule has 15 heavy (non-hydrogen) atoms.